The summed E-state index contributed by atoms with van der Waals surface area (Å²) in [5, 5.41) is 19.6. The van der Waals surface area contributed by atoms with E-state index in [0.717, 1.165) is 30.7 Å². The molecule has 0 saturated heterocycles. The highest BCUT2D eigenvalue weighted by molar-refractivity contribution is 7.99. The molecule has 0 saturated carbocycles. The van der Waals surface area contributed by atoms with Gasteiger partial charge in [-0.25, -0.2) is 0 Å². The van der Waals surface area contributed by atoms with Crippen molar-refractivity contribution in [2.75, 3.05) is 14.2 Å². The van der Waals surface area contributed by atoms with Crippen LogP contribution in [-0.4, -0.2) is 24.4 Å². The lowest BCUT2D eigenvalue weighted by molar-refractivity contribution is 0.372. The normalized spacial score (nSPS) is 10.4. The number of aryl methyl sites for hydroxylation is 4. The van der Waals surface area contributed by atoms with Gasteiger partial charge in [-0.2, -0.15) is 0 Å². The molecule has 0 unspecified atom stereocenters. The molecule has 0 bridgehead atoms. The molecule has 188 valence electrons. The Morgan fingerprint density at radius 2 is 0.861 bits per heavy atom. The first-order valence-corrected chi connectivity index (χ1v) is 13.1. The van der Waals surface area contributed by atoms with Gasteiger partial charge in [0.05, 0.1) is 14.2 Å². The van der Waals surface area contributed by atoms with Gasteiger partial charge in [-0.1, -0.05) is 58.9 Å². The van der Waals surface area contributed by atoms with Crippen molar-refractivity contribution in [3.05, 3.63) is 95.1 Å². The van der Waals surface area contributed by atoms with E-state index in [0.29, 0.717) is 11.5 Å². The number of aromatic hydroxyl groups is 2. The summed E-state index contributed by atoms with van der Waals surface area (Å²) in [4.78, 5) is 4.40. The molecule has 0 aliphatic heterocycles. The fourth-order valence-electron chi connectivity index (χ4n) is 3.32. The molecule has 0 aromatic heterocycles. The number of hydrogen-bond acceptors (Lipinski definition) is 6. The smallest absolute Gasteiger partial charge is 0.160 e. The summed E-state index contributed by atoms with van der Waals surface area (Å²) in [7, 11) is 3.11. The molecule has 6 heteroatoms. The molecule has 0 amide bonds. The predicted molar refractivity (Wildman–Crippen MR) is 149 cm³/mol. The maximum Gasteiger partial charge on any atom is 0.160 e. The van der Waals surface area contributed by atoms with Gasteiger partial charge in [0.2, 0.25) is 0 Å². The fourth-order valence-corrected chi connectivity index (χ4v) is 5.15. The zero-order valence-corrected chi connectivity index (χ0v) is 23.1. The van der Waals surface area contributed by atoms with Crippen LogP contribution in [0, 0.1) is 27.7 Å². The molecular formula is C30H32O4S2. The van der Waals surface area contributed by atoms with Crippen molar-refractivity contribution in [1.29, 1.82) is 0 Å². The third-order valence-electron chi connectivity index (χ3n) is 5.45. The molecule has 0 radical (unpaired) electrons. The second-order valence-corrected chi connectivity index (χ2v) is 10.6. The van der Waals surface area contributed by atoms with E-state index in [1.165, 1.54) is 11.1 Å². The van der Waals surface area contributed by atoms with Gasteiger partial charge in [-0.05, 0) is 87.4 Å². The number of rotatable bonds is 6. The molecule has 0 aliphatic rings. The van der Waals surface area contributed by atoms with Crippen molar-refractivity contribution in [1.82, 2.24) is 0 Å². The monoisotopic (exact) mass is 520 g/mol. The van der Waals surface area contributed by atoms with Crippen LogP contribution in [0.4, 0.5) is 0 Å². The SMILES string of the molecule is COc1cc(C)c(Sc2ccc(C)cc2)cc1O.COc1cc(C)c(Sc2ccc(C)cc2)cc1O. The first kappa shape index (κ1) is 27.4. The van der Waals surface area contributed by atoms with Crippen molar-refractivity contribution in [2.45, 2.75) is 47.3 Å². The summed E-state index contributed by atoms with van der Waals surface area (Å²) in [6.45, 7) is 8.16. The molecule has 4 rings (SSSR count). The molecule has 0 aliphatic carbocycles. The molecule has 0 fully saturated rings. The third kappa shape index (κ3) is 7.39. The second-order valence-electron chi connectivity index (χ2n) is 8.41. The third-order valence-corrected chi connectivity index (χ3v) is 7.79. The maximum absolute atomic E-state index is 9.80. The highest BCUT2D eigenvalue weighted by atomic mass is 32.2. The zero-order chi connectivity index (χ0) is 26.2. The Morgan fingerprint density at radius 3 is 1.17 bits per heavy atom. The van der Waals surface area contributed by atoms with E-state index in [2.05, 4.69) is 62.4 Å². The van der Waals surface area contributed by atoms with Gasteiger partial charge >= 0.3 is 0 Å². The van der Waals surface area contributed by atoms with E-state index >= 15 is 0 Å². The van der Waals surface area contributed by atoms with Crippen molar-refractivity contribution >= 4 is 23.5 Å². The molecule has 2 N–H and O–H groups in total. The largest absolute Gasteiger partial charge is 0.504 e. The minimum absolute atomic E-state index is 0.178. The fraction of sp³-hybridized carbons (Fsp3) is 0.200. The lowest BCUT2D eigenvalue weighted by Gasteiger charge is -2.10. The van der Waals surface area contributed by atoms with E-state index in [4.69, 9.17) is 9.47 Å². The lowest BCUT2D eigenvalue weighted by Crippen LogP contribution is -1.87. The highest BCUT2D eigenvalue weighted by Gasteiger charge is 2.09. The summed E-state index contributed by atoms with van der Waals surface area (Å²) in [5.74, 6) is 1.39. The standard InChI is InChI=1S/2C15H16O2S/c2*1-10-4-6-12(7-5-10)18-15-9-13(16)14(17-3)8-11(15)2/h2*4-9,16H,1-3H3. The number of benzene rings is 4. The van der Waals surface area contributed by atoms with Crippen LogP contribution in [0.1, 0.15) is 22.3 Å². The van der Waals surface area contributed by atoms with Crippen LogP contribution in [0.25, 0.3) is 0 Å². The number of ether oxygens (including phenoxy) is 2. The molecule has 36 heavy (non-hydrogen) atoms. The number of phenols is 2. The Bertz CT molecular complexity index is 1200. The van der Waals surface area contributed by atoms with Crippen LogP contribution in [0.5, 0.6) is 23.0 Å². The van der Waals surface area contributed by atoms with Gasteiger partial charge in [0.25, 0.3) is 0 Å². The molecule has 4 aromatic carbocycles. The van der Waals surface area contributed by atoms with Crippen LogP contribution in [0.2, 0.25) is 0 Å². The predicted octanol–water partition coefficient (Wildman–Crippen LogP) is 8.34. The highest BCUT2D eigenvalue weighted by Crippen LogP contribution is 2.38. The van der Waals surface area contributed by atoms with Crippen molar-refractivity contribution in [2.24, 2.45) is 0 Å². The quantitative estimate of drug-likeness (QED) is 0.266. The lowest BCUT2D eigenvalue weighted by atomic mass is 10.2. The van der Waals surface area contributed by atoms with Crippen LogP contribution < -0.4 is 9.47 Å². The van der Waals surface area contributed by atoms with E-state index in [-0.39, 0.29) is 11.5 Å². The minimum Gasteiger partial charge on any atom is -0.504 e. The molecule has 0 atom stereocenters. The number of hydrogen-bond donors (Lipinski definition) is 2. The van der Waals surface area contributed by atoms with Crippen LogP contribution in [0.15, 0.2) is 92.4 Å². The molecule has 4 aromatic rings. The zero-order valence-electron chi connectivity index (χ0n) is 21.5. The summed E-state index contributed by atoms with van der Waals surface area (Å²) in [5.41, 5.74) is 4.67. The van der Waals surface area contributed by atoms with Gasteiger partial charge in [0.1, 0.15) is 0 Å². The molecule has 4 nitrogen and oxygen atoms in total. The average Bonchev–Trinajstić information content (AvgIpc) is 2.86. The summed E-state index contributed by atoms with van der Waals surface area (Å²) in [6, 6.07) is 23.9. The Balaban J connectivity index is 0.000000201. The van der Waals surface area contributed by atoms with Gasteiger partial charge in [-0.3, -0.25) is 0 Å². The van der Waals surface area contributed by atoms with Crippen molar-refractivity contribution in [3.63, 3.8) is 0 Å². The average molecular weight is 521 g/mol. The minimum atomic E-state index is 0.178. The molecular weight excluding hydrogens is 488 g/mol. The number of methoxy groups -OCH3 is 2. The van der Waals surface area contributed by atoms with Gasteiger partial charge in [0, 0.05) is 19.6 Å². The Hall–Kier alpha value is -3.22. The summed E-state index contributed by atoms with van der Waals surface area (Å²) in [6.07, 6.45) is 0. The maximum atomic E-state index is 9.80. The van der Waals surface area contributed by atoms with Gasteiger partial charge < -0.3 is 19.7 Å². The Kier molecular flexibility index (Phi) is 9.62. The first-order chi connectivity index (χ1) is 17.2. The van der Waals surface area contributed by atoms with Crippen molar-refractivity contribution in [3.8, 4) is 23.0 Å². The second kappa shape index (κ2) is 12.7. The Labute approximate surface area is 222 Å². The van der Waals surface area contributed by atoms with E-state index in [9.17, 15) is 10.2 Å². The van der Waals surface area contributed by atoms with Crippen LogP contribution in [-0.2, 0) is 0 Å². The van der Waals surface area contributed by atoms with Gasteiger partial charge in [-0.15, -0.1) is 0 Å². The number of phenolic OH excluding ortho intramolecular Hbond substituents is 2. The van der Waals surface area contributed by atoms with E-state index < -0.39 is 0 Å². The molecule has 0 spiro atoms. The van der Waals surface area contributed by atoms with Gasteiger partial charge in [0.15, 0.2) is 23.0 Å². The summed E-state index contributed by atoms with van der Waals surface area (Å²) < 4.78 is 10.2. The Morgan fingerprint density at radius 1 is 0.528 bits per heavy atom. The topological polar surface area (TPSA) is 58.9 Å². The van der Waals surface area contributed by atoms with Crippen LogP contribution >= 0.6 is 23.5 Å². The van der Waals surface area contributed by atoms with Crippen molar-refractivity contribution < 1.29 is 19.7 Å². The van der Waals surface area contributed by atoms with E-state index in [1.807, 2.05) is 26.0 Å². The van der Waals surface area contributed by atoms with E-state index in [1.54, 1.807) is 49.9 Å². The molecule has 0 heterocycles. The van der Waals surface area contributed by atoms with Crippen LogP contribution in [0.3, 0.4) is 0 Å². The first-order valence-electron chi connectivity index (χ1n) is 11.4. The summed E-state index contributed by atoms with van der Waals surface area (Å²) >= 11 is 3.28.